The molecule has 0 aromatic heterocycles. The molecular formula is C11H15N5O3. The Hall–Kier alpha value is -2.45. The predicted octanol–water partition coefficient (Wildman–Crippen LogP) is 0.453. The Morgan fingerprint density at radius 2 is 2.16 bits per heavy atom. The fraction of sp³-hybridized carbons (Fsp3) is 0.182. The van der Waals surface area contributed by atoms with E-state index in [0.29, 0.717) is 5.70 Å². The molecule has 0 saturated carbocycles. The first-order valence-corrected chi connectivity index (χ1v) is 5.33. The van der Waals surface area contributed by atoms with Crippen LogP contribution in [-0.4, -0.2) is 35.8 Å². The van der Waals surface area contributed by atoms with Crippen LogP contribution in [0.3, 0.4) is 0 Å². The third-order valence-electron chi connectivity index (χ3n) is 2.06. The molecule has 8 nitrogen and oxygen atoms in total. The summed E-state index contributed by atoms with van der Waals surface area (Å²) >= 11 is 0. The number of amides is 2. The van der Waals surface area contributed by atoms with E-state index in [9.17, 15) is 9.59 Å². The molecule has 0 unspecified atom stereocenters. The molecule has 2 amide bonds. The minimum absolute atomic E-state index is 0.437. The lowest BCUT2D eigenvalue weighted by molar-refractivity contribution is -0.134. The number of hydrogen-bond donors (Lipinski definition) is 2. The van der Waals surface area contributed by atoms with Crippen LogP contribution in [0.15, 0.2) is 41.3 Å². The van der Waals surface area contributed by atoms with E-state index in [0.717, 1.165) is 11.1 Å². The van der Waals surface area contributed by atoms with Gasteiger partial charge in [0.2, 0.25) is 0 Å². The molecule has 1 fully saturated rings. The van der Waals surface area contributed by atoms with Gasteiger partial charge in [0, 0.05) is 12.3 Å². The minimum Gasteiger partial charge on any atom is -0.466 e. The third-order valence-corrected chi connectivity index (χ3v) is 2.06. The van der Waals surface area contributed by atoms with E-state index in [4.69, 9.17) is 0 Å². The first-order chi connectivity index (χ1) is 9.13. The van der Waals surface area contributed by atoms with Crippen molar-refractivity contribution < 1.29 is 14.3 Å². The normalized spacial score (nSPS) is 16.7. The van der Waals surface area contributed by atoms with Gasteiger partial charge in [-0.05, 0) is 19.7 Å². The Balaban J connectivity index is 2.80. The summed E-state index contributed by atoms with van der Waals surface area (Å²) in [7, 11) is 1.25. The number of carbonyl (C=O) groups excluding carboxylic acids is 2. The van der Waals surface area contributed by atoms with Gasteiger partial charge in [0.25, 0.3) is 0 Å². The maximum absolute atomic E-state index is 12.0. The highest BCUT2D eigenvalue weighted by atomic mass is 16.5. The third kappa shape index (κ3) is 3.76. The quantitative estimate of drug-likeness (QED) is 0.326. The van der Waals surface area contributed by atoms with Crippen molar-refractivity contribution in [3.8, 4) is 0 Å². The number of rotatable bonds is 5. The first kappa shape index (κ1) is 14.6. The molecule has 0 aromatic carbocycles. The predicted molar refractivity (Wildman–Crippen MR) is 68.9 cm³/mol. The number of aliphatic imine (C=N–C) groups is 1. The van der Waals surface area contributed by atoms with E-state index >= 15 is 0 Å². The van der Waals surface area contributed by atoms with E-state index in [1.165, 1.54) is 24.5 Å². The number of carbonyl (C=O) groups is 2. The number of nitrogens with zero attached hydrogens (tertiary/aromatic N) is 3. The highest BCUT2D eigenvalue weighted by Gasteiger charge is 2.28. The van der Waals surface area contributed by atoms with Crippen LogP contribution in [0.5, 0.6) is 0 Å². The van der Waals surface area contributed by atoms with E-state index in [2.05, 4.69) is 27.5 Å². The molecule has 1 heterocycles. The Kier molecular flexibility index (Phi) is 5.45. The summed E-state index contributed by atoms with van der Waals surface area (Å²) < 4.78 is 4.43. The van der Waals surface area contributed by atoms with Crippen molar-refractivity contribution in [2.24, 2.45) is 4.99 Å². The molecule has 0 aliphatic carbocycles. The molecule has 1 rings (SSSR count). The van der Waals surface area contributed by atoms with Crippen LogP contribution in [0, 0.1) is 0 Å². The van der Waals surface area contributed by atoms with E-state index in [-0.39, 0.29) is 0 Å². The summed E-state index contributed by atoms with van der Waals surface area (Å²) in [6, 6.07) is -0.437. The fourth-order valence-corrected chi connectivity index (χ4v) is 1.23. The van der Waals surface area contributed by atoms with Crippen molar-refractivity contribution in [2.75, 3.05) is 7.11 Å². The lowest BCUT2D eigenvalue weighted by Crippen LogP contribution is -2.36. The summed E-state index contributed by atoms with van der Waals surface area (Å²) in [6.07, 6.45) is 7.20. The number of esters is 1. The molecule has 1 saturated heterocycles. The van der Waals surface area contributed by atoms with E-state index in [1.807, 2.05) is 0 Å². The van der Waals surface area contributed by atoms with Crippen molar-refractivity contribution in [1.82, 2.24) is 21.1 Å². The van der Waals surface area contributed by atoms with Crippen molar-refractivity contribution in [3.63, 3.8) is 0 Å². The molecule has 0 bridgehead atoms. The van der Waals surface area contributed by atoms with Crippen molar-refractivity contribution in [1.29, 1.82) is 0 Å². The fourth-order valence-electron chi connectivity index (χ4n) is 1.23. The van der Waals surface area contributed by atoms with Crippen molar-refractivity contribution >= 4 is 18.7 Å². The van der Waals surface area contributed by atoms with E-state index in [1.54, 1.807) is 19.1 Å². The van der Waals surface area contributed by atoms with Gasteiger partial charge in [0.15, 0.2) is 0 Å². The lowest BCUT2D eigenvalue weighted by atomic mass is 10.4. The summed E-state index contributed by atoms with van der Waals surface area (Å²) in [5, 5.41) is 2.29. The number of hydrazine groups is 3. The van der Waals surface area contributed by atoms with Crippen molar-refractivity contribution in [2.45, 2.75) is 6.92 Å². The first-order valence-electron chi connectivity index (χ1n) is 5.33. The summed E-state index contributed by atoms with van der Waals surface area (Å²) in [4.78, 5) is 26.5. The second-order valence-electron chi connectivity index (χ2n) is 3.29. The number of ether oxygens (including phenoxy) is 1. The molecule has 2 N–H and O–H groups in total. The Bertz CT molecular complexity index is 455. The van der Waals surface area contributed by atoms with Crippen LogP contribution >= 0.6 is 0 Å². The monoisotopic (exact) mass is 265 g/mol. The smallest absolute Gasteiger partial charge is 0.359 e. The van der Waals surface area contributed by atoms with Gasteiger partial charge in [0.1, 0.15) is 0 Å². The maximum atomic E-state index is 12.0. The van der Waals surface area contributed by atoms with Crippen LogP contribution in [-0.2, 0) is 9.53 Å². The molecule has 1 aliphatic heterocycles. The summed E-state index contributed by atoms with van der Waals surface area (Å²) in [5.41, 5.74) is 5.67. The molecule has 8 heteroatoms. The van der Waals surface area contributed by atoms with E-state index < -0.39 is 12.0 Å². The molecule has 0 aromatic rings. The highest BCUT2D eigenvalue weighted by molar-refractivity contribution is 5.83. The number of hydrogen-bond acceptors (Lipinski definition) is 6. The van der Waals surface area contributed by atoms with Crippen LogP contribution in [0.1, 0.15) is 6.92 Å². The highest BCUT2D eigenvalue weighted by Crippen LogP contribution is 2.10. The number of urea groups is 1. The Morgan fingerprint density at radius 1 is 1.42 bits per heavy atom. The summed E-state index contributed by atoms with van der Waals surface area (Å²) in [5.74, 6) is -0.565. The molecule has 19 heavy (non-hydrogen) atoms. The SMILES string of the molecule is C=N/C=C(\C=C/C)N1NNN(/C=C/C(=O)OC)C1=O. The van der Waals surface area contributed by atoms with Crippen LogP contribution in [0.4, 0.5) is 4.79 Å². The molecule has 102 valence electrons. The molecule has 0 radical (unpaired) electrons. The second-order valence-corrected chi connectivity index (χ2v) is 3.29. The minimum atomic E-state index is -0.565. The zero-order valence-electron chi connectivity index (χ0n) is 10.7. The summed E-state index contributed by atoms with van der Waals surface area (Å²) in [6.45, 7) is 5.14. The van der Waals surface area contributed by atoms with Gasteiger partial charge in [-0.25, -0.2) is 19.6 Å². The molecule has 1 aliphatic rings. The average molecular weight is 265 g/mol. The van der Waals surface area contributed by atoms with Crippen LogP contribution in [0.25, 0.3) is 0 Å². The average Bonchev–Trinajstić information content (AvgIpc) is 2.77. The van der Waals surface area contributed by atoms with Gasteiger partial charge >= 0.3 is 12.0 Å². The lowest BCUT2D eigenvalue weighted by Gasteiger charge is -2.13. The topological polar surface area (TPSA) is 86.3 Å². The zero-order chi connectivity index (χ0) is 14.3. The standard InChI is InChI=1S/C11H15N5O3/c1-4-5-9(8-12-2)16-11(18)15(13-14-16)7-6-10(17)19-3/h4-8,13-14H,2H2,1,3H3/b5-4-,7-6+,9-8+. The Labute approximate surface area is 110 Å². The van der Waals surface area contributed by atoms with Gasteiger partial charge < -0.3 is 4.74 Å². The number of methoxy groups -OCH3 is 1. The van der Waals surface area contributed by atoms with Crippen LogP contribution < -0.4 is 11.1 Å². The zero-order valence-corrected chi connectivity index (χ0v) is 10.7. The van der Waals surface area contributed by atoms with Crippen molar-refractivity contribution in [3.05, 3.63) is 36.3 Å². The van der Waals surface area contributed by atoms with Crippen LogP contribution in [0.2, 0.25) is 0 Å². The molecule has 0 spiro atoms. The maximum Gasteiger partial charge on any atom is 0.359 e. The number of allylic oxidation sites excluding steroid dienone is 2. The Morgan fingerprint density at radius 3 is 2.74 bits per heavy atom. The van der Waals surface area contributed by atoms with Gasteiger partial charge in [-0.1, -0.05) is 6.08 Å². The van der Waals surface area contributed by atoms with Gasteiger partial charge in [-0.15, -0.1) is 11.1 Å². The van der Waals surface area contributed by atoms with Gasteiger partial charge in [-0.3, -0.25) is 4.99 Å². The molecular weight excluding hydrogens is 250 g/mol. The van der Waals surface area contributed by atoms with Gasteiger partial charge in [-0.2, -0.15) is 0 Å². The van der Waals surface area contributed by atoms with Gasteiger partial charge in [0.05, 0.1) is 19.0 Å². The number of nitrogens with one attached hydrogen (secondary N) is 2. The second kappa shape index (κ2) is 7.09. The largest absolute Gasteiger partial charge is 0.466 e. The molecule has 0 atom stereocenters.